The van der Waals surface area contributed by atoms with E-state index in [9.17, 15) is 9.18 Å². The Morgan fingerprint density at radius 1 is 1.28 bits per heavy atom. The van der Waals surface area contributed by atoms with Gasteiger partial charge >= 0.3 is 0 Å². The summed E-state index contributed by atoms with van der Waals surface area (Å²) >= 11 is 0. The molecule has 1 aliphatic carbocycles. The first-order valence-electron chi connectivity index (χ1n) is 8.73. The van der Waals surface area contributed by atoms with Crippen molar-refractivity contribution in [2.75, 3.05) is 13.1 Å². The van der Waals surface area contributed by atoms with Crippen LogP contribution in [0.25, 0.3) is 0 Å². The Hall–Kier alpha value is -2.27. The van der Waals surface area contributed by atoms with Gasteiger partial charge in [0, 0.05) is 25.5 Å². The van der Waals surface area contributed by atoms with Gasteiger partial charge in [-0.3, -0.25) is 9.78 Å². The fourth-order valence-corrected chi connectivity index (χ4v) is 3.58. The molecule has 0 N–H and O–H groups in total. The van der Waals surface area contributed by atoms with Gasteiger partial charge in [0.1, 0.15) is 5.82 Å². The summed E-state index contributed by atoms with van der Waals surface area (Å²) in [5, 5.41) is 0. The third-order valence-electron chi connectivity index (χ3n) is 5.20. The number of benzene rings is 1. The topological polar surface area (TPSA) is 42.4 Å². The maximum atomic E-state index is 13.5. The molecule has 0 spiro atoms. The number of likely N-dealkylation sites (tertiary alicyclic amines) is 1. The van der Waals surface area contributed by atoms with E-state index < -0.39 is 5.41 Å². The van der Waals surface area contributed by atoms with Crippen LogP contribution in [0.3, 0.4) is 0 Å². The molecule has 1 saturated heterocycles. The van der Waals surface area contributed by atoms with Crippen LogP contribution >= 0.6 is 0 Å². The highest BCUT2D eigenvalue weighted by Crippen LogP contribution is 2.50. The highest BCUT2D eigenvalue weighted by molar-refractivity contribution is 5.91. The molecule has 4 rings (SSSR count). The van der Waals surface area contributed by atoms with Crippen LogP contribution < -0.4 is 0 Å². The van der Waals surface area contributed by atoms with Gasteiger partial charge in [0.2, 0.25) is 5.91 Å². The highest BCUT2D eigenvalue weighted by Gasteiger charge is 2.53. The maximum absolute atomic E-state index is 13.5. The Kier molecular flexibility index (Phi) is 4.25. The molecule has 5 heteroatoms. The Balaban J connectivity index is 1.37. The second-order valence-electron chi connectivity index (χ2n) is 6.92. The van der Waals surface area contributed by atoms with Crippen LogP contribution in [0.5, 0.6) is 0 Å². The van der Waals surface area contributed by atoms with E-state index in [1.54, 1.807) is 18.5 Å². The average molecular weight is 340 g/mol. The van der Waals surface area contributed by atoms with Crippen molar-refractivity contribution in [1.29, 1.82) is 0 Å². The van der Waals surface area contributed by atoms with Crippen molar-refractivity contribution in [2.45, 2.75) is 37.4 Å². The zero-order chi connectivity index (χ0) is 17.3. The van der Waals surface area contributed by atoms with Crippen molar-refractivity contribution < 1.29 is 13.9 Å². The molecule has 1 atom stereocenters. The number of amides is 1. The summed E-state index contributed by atoms with van der Waals surface area (Å²) in [5.74, 6) is -0.162. The normalized spacial score (nSPS) is 21.3. The zero-order valence-electron chi connectivity index (χ0n) is 14.0. The fraction of sp³-hybridized carbons (Fsp3) is 0.400. The van der Waals surface area contributed by atoms with Crippen LogP contribution in [0.1, 0.15) is 30.4 Å². The van der Waals surface area contributed by atoms with E-state index in [0.717, 1.165) is 30.4 Å². The molecule has 2 fully saturated rings. The van der Waals surface area contributed by atoms with Crippen LogP contribution in [0, 0.1) is 5.82 Å². The number of ether oxygens (including phenoxy) is 1. The number of nitrogens with zero attached hydrogens (tertiary/aromatic N) is 2. The average Bonchev–Trinajstić information content (AvgIpc) is 3.32. The van der Waals surface area contributed by atoms with Crippen molar-refractivity contribution in [1.82, 2.24) is 9.88 Å². The Bertz CT molecular complexity index is 761. The van der Waals surface area contributed by atoms with Crippen LogP contribution in [0.4, 0.5) is 4.39 Å². The predicted molar refractivity (Wildman–Crippen MR) is 91.3 cm³/mol. The SMILES string of the molecule is O=C(N1CCC(OCc2ccncc2)C1)C1(c2cccc(F)c2)CC1. The van der Waals surface area contributed by atoms with Gasteiger partial charge in [-0.1, -0.05) is 12.1 Å². The quantitative estimate of drug-likeness (QED) is 0.840. The second-order valence-corrected chi connectivity index (χ2v) is 6.92. The van der Waals surface area contributed by atoms with Gasteiger partial charge in [0.05, 0.1) is 18.1 Å². The lowest BCUT2D eigenvalue weighted by Gasteiger charge is -2.23. The van der Waals surface area contributed by atoms with E-state index >= 15 is 0 Å². The Morgan fingerprint density at radius 3 is 2.80 bits per heavy atom. The molecule has 0 radical (unpaired) electrons. The number of hydrogen-bond acceptors (Lipinski definition) is 3. The van der Waals surface area contributed by atoms with E-state index in [0.29, 0.717) is 19.7 Å². The molecule has 1 aromatic carbocycles. The Morgan fingerprint density at radius 2 is 2.08 bits per heavy atom. The molecule has 4 nitrogen and oxygen atoms in total. The van der Waals surface area contributed by atoms with E-state index in [4.69, 9.17) is 4.74 Å². The predicted octanol–water partition coefficient (Wildman–Crippen LogP) is 3.07. The van der Waals surface area contributed by atoms with E-state index in [-0.39, 0.29) is 17.8 Å². The first kappa shape index (κ1) is 16.2. The minimum absolute atomic E-state index is 0.0559. The van der Waals surface area contributed by atoms with Gasteiger partial charge in [-0.05, 0) is 54.7 Å². The van der Waals surface area contributed by atoms with Crippen molar-refractivity contribution in [3.05, 3.63) is 65.7 Å². The summed E-state index contributed by atoms with van der Waals surface area (Å²) in [6.07, 6.45) is 6.00. The molecule has 1 saturated carbocycles. The molecule has 2 aromatic rings. The molecule has 1 unspecified atom stereocenters. The lowest BCUT2D eigenvalue weighted by molar-refractivity contribution is -0.133. The van der Waals surface area contributed by atoms with Crippen LogP contribution in [-0.4, -0.2) is 35.0 Å². The molecular weight excluding hydrogens is 319 g/mol. The summed E-state index contributed by atoms with van der Waals surface area (Å²) in [6, 6.07) is 10.3. The van der Waals surface area contributed by atoms with E-state index in [2.05, 4.69) is 4.98 Å². The van der Waals surface area contributed by atoms with Crippen molar-refractivity contribution >= 4 is 5.91 Å². The van der Waals surface area contributed by atoms with E-state index in [1.807, 2.05) is 23.1 Å². The maximum Gasteiger partial charge on any atom is 0.233 e. The minimum Gasteiger partial charge on any atom is -0.372 e. The van der Waals surface area contributed by atoms with Gasteiger partial charge in [-0.25, -0.2) is 4.39 Å². The van der Waals surface area contributed by atoms with Crippen molar-refractivity contribution in [2.24, 2.45) is 0 Å². The first-order valence-corrected chi connectivity index (χ1v) is 8.73. The number of carbonyl (C=O) groups is 1. The standard InChI is InChI=1S/C20H21FN2O2/c21-17-3-1-2-16(12-17)20(7-8-20)19(24)23-11-6-18(13-23)25-14-15-4-9-22-10-5-15/h1-5,9-10,12,18H,6-8,11,13-14H2. The lowest BCUT2D eigenvalue weighted by Crippen LogP contribution is -2.38. The number of carbonyl (C=O) groups excluding carboxylic acids is 1. The number of aromatic nitrogens is 1. The molecule has 2 aliphatic rings. The molecule has 1 aliphatic heterocycles. The van der Waals surface area contributed by atoms with E-state index in [1.165, 1.54) is 12.1 Å². The molecule has 1 aromatic heterocycles. The summed E-state index contributed by atoms with van der Waals surface area (Å²) in [7, 11) is 0. The number of rotatable bonds is 5. The third kappa shape index (κ3) is 3.29. The summed E-state index contributed by atoms with van der Waals surface area (Å²) in [5.41, 5.74) is 1.37. The number of pyridine rings is 1. The minimum atomic E-state index is -0.512. The largest absolute Gasteiger partial charge is 0.372 e. The molecule has 130 valence electrons. The van der Waals surface area contributed by atoms with Crippen LogP contribution in [0.15, 0.2) is 48.8 Å². The third-order valence-corrected chi connectivity index (χ3v) is 5.20. The smallest absolute Gasteiger partial charge is 0.233 e. The molecule has 25 heavy (non-hydrogen) atoms. The molecular formula is C20H21FN2O2. The van der Waals surface area contributed by atoms with Crippen molar-refractivity contribution in [3.8, 4) is 0 Å². The number of hydrogen-bond donors (Lipinski definition) is 0. The highest BCUT2D eigenvalue weighted by atomic mass is 19.1. The summed E-state index contributed by atoms with van der Waals surface area (Å²) < 4.78 is 19.5. The monoisotopic (exact) mass is 340 g/mol. The molecule has 0 bridgehead atoms. The number of halogens is 1. The van der Waals surface area contributed by atoms with Crippen LogP contribution in [-0.2, 0) is 21.6 Å². The fourth-order valence-electron chi connectivity index (χ4n) is 3.58. The van der Waals surface area contributed by atoms with Crippen LogP contribution in [0.2, 0.25) is 0 Å². The summed E-state index contributed by atoms with van der Waals surface area (Å²) in [4.78, 5) is 18.9. The Labute approximate surface area is 146 Å². The van der Waals surface area contributed by atoms with Crippen molar-refractivity contribution in [3.63, 3.8) is 0 Å². The van der Waals surface area contributed by atoms with Gasteiger partial charge in [0.25, 0.3) is 0 Å². The van der Waals surface area contributed by atoms with Gasteiger partial charge in [-0.2, -0.15) is 0 Å². The summed E-state index contributed by atoms with van der Waals surface area (Å²) in [6.45, 7) is 1.85. The first-order chi connectivity index (χ1) is 12.2. The zero-order valence-corrected chi connectivity index (χ0v) is 14.0. The van der Waals surface area contributed by atoms with Gasteiger partial charge in [-0.15, -0.1) is 0 Å². The second kappa shape index (κ2) is 6.56. The molecule has 1 amide bonds. The van der Waals surface area contributed by atoms with Gasteiger partial charge in [0.15, 0.2) is 0 Å². The lowest BCUT2D eigenvalue weighted by atomic mass is 9.94. The molecule has 2 heterocycles. The van der Waals surface area contributed by atoms with Gasteiger partial charge < -0.3 is 9.64 Å².